The molecule has 0 aromatic heterocycles. The van der Waals surface area contributed by atoms with Crippen molar-refractivity contribution in [2.45, 2.75) is 18.2 Å². The molecule has 1 aromatic carbocycles. The lowest BCUT2D eigenvalue weighted by atomic mass is 10.2. The summed E-state index contributed by atoms with van der Waals surface area (Å²) in [5.41, 5.74) is 1.28. The van der Waals surface area contributed by atoms with Crippen LogP contribution in [0.3, 0.4) is 0 Å². The van der Waals surface area contributed by atoms with Gasteiger partial charge in [0.15, 0.2) is 0 Å². The maximum Gasteiger partial charge on any atom is 0.372 e. The molecule has 0 spiro atoms. The molecule has 0 amide bonds. The van der Waals surface area contributed by atoms with E-state index >= 15 is 0 Å². The summed E-state index contributed by atoms with van der Waals surface area (Å²) in [6.07, 6.45) is 1.01. The minimum absolute atomic E-state index is 0. The number of ether oxygens (including phenoxy) is 1. The van der Waals surface area contributed by atoms with Crippen LogP contribution in [-0.2, 0) is 11.2 Å². The molecule has 0 unspecified atom stereocenters. The Labute approximate surface area is 126 Å². The third-order valence-corrected chi connectivity index (χ3v) is 3.31. The largest absolute Gasteiger partial charge is 1.00 e. The highest BCUT2D eigenvalue weighted by molar-refractivity contribution is 8.13. The van der Waals surface area contributed by atoms with Gasteiger partial charge in [0.1, 0.15) is 13.2 Å². The highest BCUT2D eigenvalue weighted by Gasteiger charge is 2.10. The number of likely N-dealkylation sites (N-methyl/N-ethyl adjacent to an activating group) is 1. The fraction of sp³-hybridized carbons (Fsp3) is 0.500. The lowest BCUT2D eigenvalue weighted by molar-refractivity contribution is -0.870. The Kier molecular flexibility index (Phi) is 8.14. The van der Waals surface area contributed by atoms with E-state index < -0.39 is 0 Å². The van der Waals surface area contributed by atoms with Crippen molar-refractivity contribution < 1.29 is 26.4 Å². The van der Waals surface area contributed by atoms with E-state index in [0.717, 1.165) is 34.1 Å². The molecule has 0 aliphatic rings. The third kappa shape index (κ3) is 8.14. The molecule has 1 rings (SSSR count). The number of quaternary nitrogens is 1. The van der Waals surface area contributed by atoms with Gasteiger partial charge in [-0.2, -0.15) is 0 Å². The number of rotatable bonds is 5. The smallest absolute Gasteiger partial charge is 0.372 e. The zero-order chi connectivity index (χ0) is 13.6. The summed E-state index contributed by atoms with van der Waals surface area (Å²) < 4.78 is 5.98. The lowest BCUT2D eigenvalue weighted by Gasteiger charge is -2.23. The Balaban J connectivity index is 0.00000324. The van der Waals surface area contributed by atoms with Crippen LogP contribution in [0.1, 0.15) is 12.5 Å². The average Bonchev–Trinajstić information content (AvgIpc) is 2.28. The van der Waals surface area contributed by atoms with Crippen molar-refractivity contribution in [3.8, 4) is 0 Å². The van der Waals surface area contributed by atoms with Gasteiger partial charge in [0, 0.05) is 4.90 Å². The summed E-state index contributed by atoms with van der Waals surface area (Å²) in [5, 5.41) is -0.229. The van der Waals surface area contributed by atoms with E-state index in [4.69, 9.17) is 4.74 Å². The van der Waals surface area contributed by atoms with Crippen LogP contribution in [-0.4, -0.2) is 44.1 Å². The number of nitrogens with zero attached hydrogens (tertiary/aromatic N) is 1. The number of hydrogen-bond acceptors (Lipinski definition) is 3. The minimum Gasteiger partial charge on any atom is -1.00 e. The summed E-state index contributed by atoms with van der Waals surface area (Å²) in [7, 11) is 6.22. The summed E-state index contributed by atoms with van der Waals surface area (Å²) in [5.74, 6) is 0. The predicted octanol–water partition coefficient (Wildman–Crippen LogP) is 0.188. The summed E-state index contributed by atoms with van der Waals surface area (Å²) in [6, 6.07) is 8.01. The second-order valence-electron chi connectivity index (χ2n) is 5.21. The summed E-state index contributed by atoms with van der Waals surface area (Å²) in [6.45, 7) is 3.39. The van der Waals surface area contributed by atoms with Crippen molar-refractivity contribution in [2.75, 3.05) is 34.3 Å². The Morgan fingerprint density at radius 2 is 1.79 bits per heavy atom. The van der Waals surface area contributed by atoms with Crippen LogP contribution >= 0.6 is 11.8 Å². The monoisotopic (exact) mass is 303 g/mol. The minimum atomic E-state index is -0.229. The van der Waals surface area contributed by atoms with Crippen molar-refractivity contribution in [1.82, 2.24) is 0 Å². The molecule has 0 aliphatic heterocycles. The molecule has 0 N–H and O–H groups in total. The molecule has 0 fully saturated rings. The van der Waals surface area contributed by atoms with Crippen LogP contribution in [0.15, 0.2) is 29.2 Å². The van der Waals surface area contributed by atoms with E-state index in [1.165, 1.54) is 5.56 Å². The van der Waals surface area contributed by atoms with Gasteiger partial charge in [-0.15, -0.1) is 0 Å². The van der Waals surface area contributed by atoms with Gasteiger partial charge in [-0.3, -0.25) is 0 Å². The van der Waals surface area contributed by atoms with Gasteiger partial charge in [-0.25, -0.2) is 4.79 Å². The van der Waals surface area contributed by atoms with Gasteiger partial charge in [0.2, 0.25) is 0 Å². The van der Waals surface area contributed by atoms with Gasteiger partial charge in [-0.1, -0.05) is 19.1 Å². The standard InChI is InChI=1S/C14H22NO2S.ClH/c1-5-12-6-8-13(9-7-12)18-14(16)17-11-10-15(2,3)4;/h6-9H,5,10-11H2,1-4H3;1H/q+1;/p-1. The number of halogens is 1. The highest BCUT2D eigenvalue weighted by Crippen LogP contribution is 2.20. The first-order valence-electron chi connectivity index (χ1n) is 6.15. The van der Waals surface area contributed by atoms with Crippen molar-refractivity contribution in [1.29, 1.82) is 0 Å². The number of hydrogen-bond donors (Lipinski definition) is 0. The van der Waals surface area contributed by atoms with E-state index in [9.17, 15) is 4.79 Å². The van der Waals surface area contributed by atoms with Crippen molar-refractivity contribution >= 4 is 17.1 Å². The average molecular weight is 304 g/mol. The van der Waals surface area contributed by atoms with Crippen LogP contribution in [0.4, 0.5) is 4.79 Å². The van der Waals surface area contributed by atoms with E-state index in [0.29, 0.717) is 6.61 Å². The van der Waals surface area contributed by atoms with Crippen molar-refractivity contribution in [3.05, 3.63) is 29.8 Å². The molecule has 0 atom stereocenters. The molecular weight excluding hydrogens is 282 g/mol. The first kappa shape index (κ1) is 18.3. The molecular formula is C14H22ClNO2S. The number of carbonyl (C=O) groups excluding carboxylic acids is 1. The molecule has 0 aliphatic carbocycles. The maximum absolute atomic E-state index is 11.6. The zero-order valence-electron chi connectivity index (χ0n) is 12.0. The molecule has 0 saturated carbocycles. The molecule has 1 aromatic rings. The van der Waals surface area contributed by atoms with E-state index in [-0.39, 0.29) is 17.7 Å². The third-order valence-electron chi connectivity index (χ3n) is 2.51. The fourth-order valence-corrected chi connectivity index (χ4v) is 1.93. The normalized spacial score (nSPS) is 10.7. The predicted molar refractivity (Wildman–Crippen MR) is 75.9 cm³/mol. The topological polar surface area (TPSA) is 26.3 Å². The number of thioether (sulfide) groups is 1. The SMILES string of the molecule is CCc1ccc(SC(=O)OCC[N+](C)(C)C)cc1.[Cl-]. The number of carbonyl (C=O) groups is 1. The van der Waals surface area contributed by atoms with Gasteiger partial charge < -0.3 is 21.6 Å². The molecule has 5 heteroatoms. The molecule has 108 valence electrons. The van der Waals surface area contributed by atoms with Crippen LogP contribution in [0.25, 0.3) is 0 Å². The van der Waals surface area contributed by atoms with Gasteiger partial charge in [0.25, 0.3) is 0 Å². The lowest BCUT2D eigenvalue weighted by Crippen LogP contribution is -3.00. The van der Waals surface area contributed by atoms with E-state index in [2.05, 4.69) is 28.1 Å². The Morgan fingerprint density at radius 3 is 2.26 bits per heavy atom. The highest BCUT2D eigenvalue weighted by atomic mass is 35.5. The second kappa shape index (κ2) is 8.46. The summed E-state index contributed by atoms with van der Waals surface area (Å²) in [4.78, 5) is 12.5. The summed E-state index contributed by atoms with van der Waals surface area (Å²) >= 11 is 1.15. The first-order chi connectivity index (χ1) is 8.40. The van der Waals surface area contributed by atoms with Crippen LogP contribution in [0.5, 0.6) is 0 Å². The van der Waals surface area contributed by atoms with Crippen molar-refractivity contribution in [2.24, 2.45) is 0 Å². The second-order valence-corrected chi connectivity index (χ2v) is 6.22. The van der Waals surface area contributed by atoms with Gasteiger partial charge in [-0.05, 0) is 35.9 Å². The van der Waals surface area contributed by atoms with E-state index in [1.807, 2.05) is 24.3 Å². The Bertz CT molecular complexity index is 387. The Hall–Kier alpha value is -0.710. The quantitative estimate of drug-likeness (QED) is 0.441. The molecule has 3 nitrogen and oxygen atoms in total. The van der Waals surface area contributed by atoms with Gasteiger partial charge in [0.05, 0.1) is 21.1 Å². The maximum atomic E-state index is 11.6. The number of benzene rings is 1. The van der Waals surface area contributed by atoms with Crippen molar-refractivity contribution in [3.63, 3.8) is 0 Å². The first-order valence-corrected chi connectivity index (χ1v) is 6.96. The molecule has 19 heavy (non-hydrogen) atoms. The van der Waals surface area contributed by atoms with Gasteiger partial charge >= 0.3 is 5.30 Å². The molecule has 0 heterocycles. The van der Waals surface area contributed by atoms with Crippen LogP contribution in [0, 0.1) is 0 Å². The van der Waals surface area contributed by atoms with E-state index in [1.54, 1.807) is 0 Å². The van der Waals surface area contributed by atoms with Crippen LogP contribution in [0.2, 0.25) is 0 Å². The number of aryl methyl sites for hydroxylation is 1. The molecule has 0 bridgehead atoms. The molecule has 0 radical (unpaired) electrons. The van der Waals surface area contributed by atoms with Crippen LogP contribution < -0.4 is 12.4 Å². The molecule has 0 saturated heterocycles. The zero-order valence-corrected chi connectivity index (χ0v) is 13.6. The Morgan fingerprint density at radius 1 is 1.21 bits per heavy atom. The fourth-order valence-electron chi connectivity index (χ4n) is 1.32.